The highest BCUT2D eigenvalue weighted by Crippen LogP contribution is 2.29. The van der Waals surface area contributed by atoms with Crippen molar-refractivity contribution in [2.75, 3.05) is 26.2 Å². The van der Waals surface area contributed by atoms with E-state index in [9.17, 15) is 4.79 Å². The van der Waals surface area contributed by atoms with Crippen LogP contribution in [0.15, 0.2) is 28.4 Å². The fourth-order valence-electron chi connectivity index (χ4n) is 3.04. The molecule has 0 unspecified atom stereocenters. The molecule has 3 rings (SSSR count). The van der Waals surface area contributed by atoms with E-state index in [1.165, 1.54) is 0 Å². The molecule has 0 spiro atoms. The Hall–Kier alpha value is -2.16. The zero-order valence-corrected chi connectivity index (χ0v) is 17.9. The Bertz CT molecular complexity index is 940. The van der Waals surface area contributed by atoms with Gasteiger partial charge in [-0.15, -0.1) is 6.54 Å². The first-order valence-corrected chi connectivity index (χ1v) is 9.89. The van der Waals surface area contributed by atoms with Crippen molar-refractivity contribution in [3.63, 3.8) is 0 Å². The summed E-state index contributed by atoms with van der Waals surface area (Å²) < 4.78 is 6.39. The molecule has 2 heterocycles. The van der Waals surface area contributed by atoms with E-state index in [1.54, 1.807) is 23.1 Å². The zero-order valence-electron chi connectivity index (χ0n) is 15.6. The van der Waals surface area contributed by atoms with Crippen molar-refractivity contribution in [1.82, 2.24) is 9.88 Å². The molecule has 0 atom stereocenters. The first-order valence-electron chi connectivity index (χ1n) is 8.72. The third-order valence-electron chi connectivity index (χ3n) is 4.44. The number of H-pyrrole nitrogens is 1. The van der Waals surface area contributed by atoms with Gasteiger partial charge in [-0.25, -0.2) is 4.98 Å². The van der Waals surface area contributed by atoms with Crippen LogP contribution in [0.3, 0.4) is 0 Å². The molecule has 1 aliphatic heterocycles. The van der Waals surface area contributed by atoms with E-state index in [0.29, 0.717) is 46.6 Å². The van der Waals surface area contributed by atoms with E-state index in [1.807, 2.05) is 13.8 Å². The van der Waals surface area contributed by atoms with Gasteiger partial charge in [-0.1, -0.05) is 27.5 Å². The lowest BCUT2D eigenvalue weighted by Gasteiger charge is -2.19. The van der Waals surface area contributed by atoms with Crippen molar-refractivity contribution in [2.45, 2.75) is 13.8 Å². The fraction of sp³-hybridized carbons (Fsp3) is 0.316. The summed E-state index contributed by atoms with van der Waals surface area (Å²) in [6.45, 7) is 4.66. The number of hydrogen-bond acceptors (Lipinski definition) is 4. The second-order valence-corrected chi connectivity index (χ2v) is 7.81. The number of aryl methyl sites for hydroxylation is 2. The van der Waals surface area contributed by atoms with Gasteiger partial charge < -0.3 is 21.1 Å². The average Bonchev–Trinajstić information content (AvgIpc) is 3.05. The molecule has 2 aromatic rings. The van der Waals surface area contributed by atoms with Crippen molar-refractivity contribution in [3.05, 3.63) is 61.9 Å². The van der Waals surface area contributed by atoms with E-state index in [2.05, 4.69) is 25.9 Å². The van der Waals surface area contributed by atoms with Crippen LogP contribution in [0.5, 0.6) is 5.75 Å². The first kappa shape index (κ1) is 20.6. The van der Waals surface area contributed by atoms with Gasteiger partial charge in [-0.3, -0.25) is 4.79 Å². The first-order chi connectivity index (χ1) is 13.3. The van der Waals surface area contributed by atoms with Gasteiger partial charge in [0.2, 0.25) is 0 Å². The van der Waals surface area contributed by atoms with E-state index in [0.717, 1.165) is 15.7 Å². The number of nitrogens with zero attached hydrogens (tertiary/aromatic N) is 2. The minimum Gasteiger partial charge on any atom is -0.675 e. The molecule has 7 nitrogen and oxygen atoms in total. The monoisotopic (exact) mass is 465 g/mol. The lowest BCUT2D eigenvalue weighted by Crippen LogP contribution is -2.31. The third-order valence-corrected chi connectivity index (χ3v) is 5.49. The van der Waals surface area contributed by atoms with Crippen LogP contribution in [0.4, 0.5) is 0 Å². The van der Waals surface area contributed by atoms with E-state index < -0.39 is 0 Å². The molecule has 28 heavy (non-hydrogen) atoms. The molecule has 0 fully saturated rings. The lowest BCUT2D eigenvalue weighted by molar-refractivity contribution is -0.396. The van der Waals surface area contributed by atoms with E-state index in [4.69, 9.17) is 27.8 Å². The fourth-order valence-corrected chi connectivity index (χ4v) is 3.46. The molecular weight excluding hydrogens is 446 g/mol. The quantitative estimate of drug-likeness (QED) is 0.730. The number of aromatic amines is 1. The maximum absolute atomic E-state index is 13.1. The molecule has 0 radical (unpaired) electrons. The van der Waals surface area contributed by atoms with E-state index >= 15 is 0 Å². The number of benzene rings is 1. The van der Waals surface area contributed by atoms with Gasteiger partial charge in [0.15, 0.2) is 5.69 Å². The smallest absolute Gasteiger partial charge is 0.328 e. The summed E-state index contributed by atoms with van der Waals surface area (Å²) >= 11 is 9.57. The van der Waals surface area contributed by atoms with Crippen LogP contribution in [0.25, 0.3) is 11.3 Å². The minimum atomic E-state index is -0.187. The summed E-state index contributed by atoms with van der Waals surface area (Å²) in [4.78, 5) is 22.4. The maximum Gasteiger partial charge on any atom is 0.328 e. The van der Waals surface area contributed by atoms with Crippen molar-refractivity contribution < 1.29 is 14.5 Å². The normalized spacial score (nSPS) is 14.0. The molecule has 0 saturated carbocycles. The van der Waals surface area contributed by atoms with Crippen LogP contribution in [0.2, 0.25) is 5.02 Å². The van der Waals surface area contributed by atoms with Gasteiger partial charge in [0, 0.05) is 17.1 Å². The van der Waals surface area contributed by atoms with Gasteiger partial charge in [-0.2, -0.15) is 0 Å². The molecule has 1 aromatic carbocycles. The second-order valence-electron chi connectivity index (χ2n) is 6.51. The van der Waals surface area contributed by atoms with Gasteiger partial charge in [0.25, 0.3) is 5.91 Å². The summed E-state index contributed by atoms with van der Waals surface area (Å²) in [6, 6.07) is 5.23. The summed E-state index contributed by atoms with van der Waals surface area (Å²) in [5, 5.41) is 0.583. The molecule has 0 saturated heterocycles. The van der Waals surface area contributed by atoms with Crippen molar-refractivity contribution in [1.29, 1.82) is 0 Å². The van der Waals surface area contributed by atoms with Crippen molar-refractivity contribution in [2.24, 2.45) is 5.73 Å². The van der Waals surface area contributed by atoms with Crippen LogP contribution in [0.1, 0.15) is 27.6 Å². The molecule has 1 amide bonds. The SMILES string of the molecule is Cc1nc(C2=C(N)CN(C(=O)c3ccc(Br)cc3OCC[NH-])C2)[nH+]c(C)c1Cl. The van der Waals surface area contributed by atoms with Crippen molar-refractivity contribution in [3.8, 4) is 5.75 Å². The van der Waals surface area contributed by atoms with Gasteiger partial charge in [0.1, 0.15) is 16.5 Å². The predicted molar refractivity (Wildman–Crippen MR) is 111 cm³/mol. The number of aromatic nitrogens is 2. The number of ether oxygens (including phenoxy) is 1. The molecule has 4 N–H and O–H groups in total. The average molecular weight is 467 g/mol. The minimum absolute atomic E-state index is 0.110. The molecular formula is C19H21BrClN5O2. The van der Waals surface area contributed by atoms with Crippen LogP contribution >= 0.6 is 27.5 Å². The van der Waals surface area contributed by atoms with Gasteiger partial charge >= 0.3 is 5.82 Å². The Labute approximate surface area is 176 Å². The molecule has 1 aliphatic rings. The lowest BCUT2D eigenvalue weighted by atomic mass is 10.1. The Morgan fingerprint density at radius 1 is 1.43 bits per heavy atom. The predicted octanol–water partition coefficient (Wildman–Crippen LogP) is 3.19. The largest absolute Gasteiger partial charge is 0.675 e. The Morgan fingerprint density at radius 3 is 2.86 bits per heavy atom. The number of rotatable bonds is 5. The number of carbonyl (C=O) groups excluding carboxylic acids is 1. The van der Waals surface area contributed by atoms with E-state index in [-0.39, 0.29) is 19.1 Å². The number of nitrogens with one attached hydrogen (secondary N) is 2. The Balaban J connectivity index is 1.86. The molecule has 1 aromatic heterocycles. The number of hydrogen-bond donors (Lipinski definition) is 1. The zero-order chi connectivity index (χ0) is 20.4. The molecule has 148 valence electrons. The summed E-state index contributed by atoms with van der Waals surface area (Å²) in [5.74, 6) is 0.878. The third kappa shape index (κ3) is 4.14. The second kappa shape index (κ2) is 8.46. The number of amides is 1. The van der Waals surface area contributed by atoms with Crippen molar-refractivity contribution >= 4 is 39.0 Å². The topological polar surface area (TPSA) is 106 Å². The number of carbonyl (C=O) groups is 1. The molecule has 0 bridgehead atoms. The van der Waals surface area contributed by atoms with Crippen LogP contribution in [-0.2, 0) is 0 Å². The summed E-state index contributed by atoms with van der Waals surface area (Å²) in [6.07, 6.45) is 0. The van der Waals surface area contributed by atoms with Crippen LogP contribution < -0.4 is 15.5 Å². The Kier molecular flexibility index (Phi) is 6.22. The number of nitrogens with two attached hydrogens (primary N) is 1. The highest BCUT2D eigenvalue weighted by atomic mass is 79.9. The number of halogens is 2. The highest BCUT2D eigenvalue weighted by molar-refractivity contribution is 9.10. The highest BCUT2D eigenvalue weighted by Gasteiger charge is 2.32. The maximum atomic E-state index is 13.1. The summed E-state index contributed by atoms with van der Waals surface area (Å²) in [7, 11) is 0. The van der Waals surface area contributed by atoms with Crippen LogP contribution in [-0.4, -0.2) is 42.0 Å². The van der Waals surface area contributed by atoms with Gasteiger partial charge in [-0.05, 0) is 30.1 Å². The summed E-state index contributed by atoms with van der Waals surface area (Å²) in [5.41, 5.74) is 16.8. The standard InChI is InChI=1S/C19H20BrClN5O2/c1-10-17(21)11(2)25-18(24-10)14-8-26(9-15(14)23)19(27)13-4-3-12(20)7-16(13)28-6-5-22/h3-4,7,22H,5-6,8-9,23H2,1-2H3/q-1/p+1. The molecule has 9 heteroatoms. The van der Waals surface area contributed by atoms with Crippen LogP contribution in [0, 0.1) is 13.8 Å². The molecule has 0 aliphatic carbocycles. The Morgan fingerprint density at radius 2 is 2.18 bits per heavy atom. The van der Waals surface area contributed by atoms with Gasteiger partial charge in [0.05, 0.1) is 30.8 Å².